The van der Waals surface area contributed by atoms with Crippen molar-refractivity contribution in [2.75, 3.05) is 0 Å². The highest BCUT2D eigenvalue weighted by atomic mass is 16.3. The molecule has 0 atom stereocenters. The van der Waals surface area contributed by atoms with Crippen molar-refractivity contribution in [3.63, 3.8) is 0 Å². The first-order valence-electron chi connectivity index (χ1n) is 5.57. The lowest BCUT2D eigenvalue weighted by molar-refractivity contribution is -0.118. The Balaban J connectivity index is 0.000000325. The number of hydrogen-bond donors (Lipinski definition) is 2. The highest BCUT2D eigenvalue weighted by Gasteiger charge is 1.97. The summed E-state index contributed by atoms with van der Waals surface area (Å²) in [5, 5.41) is 18.0. The van der Waals surface area contributed by atoms with Gasteiger partial charge in [-0.05, 0) is 18.1 Å². The maximum atomic E-state index is 10.2. The van der Waals surface area contributed by atoms with E-state index in [0.29, 0.717) is 18.6 Å². The van der Waals surface area contributed by atoms with Crippen molar-refractivity contribution in [1.82, 2.24) is 0 Å². The van der Waals surface area contributed by atoms with Crippen LogP contribution in [0.3, 0.4) is 0 Å². The van der Waals surface area contributed by atoms with E-state index in [9.17, 15) is 4.79 Å². The normalized spacial score (nSPS) is 9.19. The van der Waals surface area contributed by atoms with Crippen LogP contribution < -0.4 is 0 Å². The summed E-state index contributed by atoms with van der Waals surface area (Å²) in [6.07, 6.45) is 2.17. The van der Waals surface area contributed by atoms with Crippen LogP contribution in [-0.2, 0) is 11.2 Å². The van der Waals surface area contributed by atoms with E-state index in [1.165, 1.54) is 6.07 Å². The molecule has 1 rings (SSSR count). The third kappa shape index (κ3) is 5.39. The number of benzene rings is 1. The molecular weight excluding hydrogens is 204 g/mol. The molecule has 1 aromatic rings. The molecule has 0 aliphatic carbocycles. The lowest BCUT2D eigenvalue weighted by Crippen LogP contribution is -1.88. The van der Waals surface area contributed by atoms with Gasteiger partial charge in [-0.25, -0.2) is 0 Å². The van der Waals surface area contributed by atoms with E-state index < -0.39 is 0 Å². The number of carbonyl (C=O) groups excluding carboxylic acids is 1. The largest absolute Gasteiger partial charge is 0.508 e. The maximum absolute atomic E-state index is 10.2. The zero-order valence-electron chi connectivity index (χ0n) is 10.2. The number of Topliss-reactive ketones (excluding diaryl/α,β-unsaturated/α-hetero) is 1. The van der Waals surface area contributed by atoms with Crippen LogP contribution in [0, 0.1) is 0 Å². The smallest absolute Gasteiger partial charge is 0.132 e. The molecule has 0 aromatic heterocycles. The van der Waals surface area contributed by atoms with Crippen LogP contribution in [0.2, 0.25) is 0 Å². The maximum Gasteiger partial charge on any atom is 0.132 e. The van der Waals surface area contributed by atoms with Crippen LogP contribution in [0.25, 0.3) is 0 Å². The van der Waals surface area contributed by atoms with Crippen molar-refractivity contribution in [3.8, 4) is 11.5 Å². The van der Waals surface area contributed by atoms with Crippen molar-refractivity contribution in [2.24, 2.45) is 0 Å². The molecule has 90 valence electrons. The minimum Gasteiger partial charge on any atom is -0.508 e. The topological polar surface area (TPSA) is 57.5 Å². The van der Waals surface area contributed by atoms with Crippen molar-refractivity contribution in [3.05, 3.63) is 23.8 Å². The number of aromatic hydroxyl groups is 2. The van der Waals surface area contributed by atoms with Gasteiger partial charge in [0.15, 0.2) is 0 Å². The molecule has 0 aliphatic rings. The molecule has 16 heavy (non-hydrogen) atoms. The first-order chi connectivity index (χ1) is 7.54. The molecular formula is C13H20O3. The zero-order valence-corrected chi connectivity index (χ0v) is 10.2. The summed E-state index contributed by atoms with van der Waals surface area (Å²) in [4.78, 5) is 10.2. The Kier molecular flexibility index (Phi) is 7.01. The third-order valence-corrected chi connectivity index (χ3v) is 2.24. The molecule has 0 fully saturated rings. The van der Waals surface area contributed by atoms with Gasteiger partial charge in [0.05, 0.1) is 0 Å². The van der Waals surface area contributed by atoms with Gasteiger partial charge in [0.25, 0.3) is 0 Å². The van der Waals surface area contributed by atoms with Crippen LogP contribution in [0.1, 0.15) is 39.2 Å². The summed E-state index contributed by atoms with van der Waals surface area (Å²) < 4.78 is 0. The molecule has 0 saturated heterocycles. The van der Waals surface area contributed by atoms with Gasteiger partial charge in [-0.1, -0.05) is 26.8 Å². The molecule has 0 radical (unpaired) electrons. The minimum absolute atomic E-state index is 0.106. The van der Waals surface area contributed by atoms with Crippen LogP contribution in [0.5, 0.6) is 11.5 Å². The molecule has 0 aliphatic heterocycles. The molecule has 0 amide bonds. The Morgan fingerprint density at radius 1 is 1.12 bits per heavy atom. The predicted octanol–water partition coefficient (Wildman–Crippen LogP) is 3.04. The van der Waals surface area contributed by atoms with Gasteiger partial charge >= 0.3 is 0 Å². The van der Waals surface area contributed by atoms with Crippen molar-refractivity contribution in [1.29, 1.82) is 0 Å². The van der Waals surface area contributed by atoms with E-state index in [2.05, 4.69) is 0 Å². The number of rotatable bonds is 3. The van der Waals surface area contributed by atoms with Crippen LogP contribution in [-0.4, -0.2) is 16.0 Å². The summed E-state index contributed by atoms with van der Waals surface area (Å²) in [5.41, 5.74) is 0.859. The van der Waals surface area contributed by atoms with Crippen molar-refractivity contribution < 1.29 is 15.0 Å². The number of phenols is 2. The predicted molar refractivity (Wildman–Crippen MR) is 64.7 cm³/mol. The number of aryl methyl sites for hydroxylation is 1. The summed E-state index contributed by atoms with van der Waals surface area (Å²) >= 11 is 0. The van der Waals surface area contributed by atoms with Gasteiger partial charge in [0, 0.05) is 18.9 Å². The molecule has 0 heterocycles. The fourth-order valence-corrected chi connectivity index (χ4v) is 1.10. The number of carbonyl (C=O) groups is 1. The number of ketones is 1. The molecule has 3 heteroatoms. The SMILES string of the molecule is CCC(=O)CC.CCc1ccc(O)cc1O. The standard InChI is InChI=1S/C8H10O2.C5H10O/c1-2-6-3-4-7(9)5-8(6)10;1-3-5(6)4-2/h3-5,9-10H,2H2,1H3;3-4H2,1-2H3. The molecule has 3 nitrogen and oxygen atoms in total. The van der Waals surface area contributed by atoms with E-state index in [1.807, 2.05) is 20.8 Å². The Hall–Kier alpha value is -1.51. The van der Waals surface area contributed by atoms with Gasteiger partial charge in [0.1, 0.15) is 17.3 Å². The Morgan fingerprint density at radius 3 is 2.00 bits per heavy atom. The highest BCUT2D eigenvalue weighted by Crippen LogP contribution is 2.22. The first-order valence-corrected chi connectivity index (χ1v) is 5.57. The van der Waals surface area contributed by atoms with Gasteiger partial charge in [-0.2, -0.15) is 0 Å². The molecule has 1 aromatic carbocycles. The first kappa shape index (κ1) is 14.5. The van der Waals surface area contributed by atoms with E-state index in [1.54, 1.807) is 12.1 Å². The van der Waals surface area contributed by atoms with E-state index >= 15 is 0 Å². The van der Waals surface area contributed by atoms with E-state index in [-0.39, 0.29) is 11.5 Å². The van der Waals surface area contributed by atoms with Gasteiger partial charge in [-0.3, -0.25) is 4.79 Å². The summed E-state index contributed by atoms with van der Waals surface area (Å²) in [5.74, 6) is 0.618. The molecule has 0 bridgehead atoms. The van der Waals surface area contributed by atoms with Crippen molar-refractivity contribution in [2.45, 2.75) is 40.0 Å². The van der Waals surface area contributed by atoms with Crippen molar-refractivity contribution >= 4 is 5.78 Å². The lowest BCUT2D eigenvalue weighted by Gasteiger charge is -1.99. The van der Waals surface area contributed by atoms with Gasteiger partial charge in [-0.15, -0.1) is 0 Å². The zero-order chi connectivity index (χ0) is 12.6. The fourth-order valence-electron chi connectivity index (χ4n) is 1.10. The van der Waals surface area contributed by atoms with Crippen LogP contribution in [0.4, 0.5) is 0 Å². The summed E-state index contributed by atoms with van der Waals surface area (Å²) in [7, 11) is 0. The number of phenolic OH excluding ortho intramolecular Hbond substituents is 2. The third-order valence-electron chi connectivity index (χ3n) is 2.24. The molecule has 0 saturated carbocycles. The molecule has 2 N–H and O–H groups in total. The summed E-state index contributed by atoms with van der Waals surface area (Å²) in [6.45, 7) is 5.71. The lowest BCUT2D eigenvalue weighted by atomic mass is 10.1. The minimum atomic E-state index is 0.106. The van der Waals surface area contributed by atoms with Gasteiger partial charge in [0.2, 0.25) is 0 Å². The second-order valence-electron chi connectivity index (χ2n) is 3.41. The second-order valence-corrected chi connectivity index (χ2v) is 3.41. The fraction of sp³-hybridized carbons (Fsp3) is 0.462. The average Bonchev–Trinajstić information content (AvgIpc) is 2.29. The molecule has 0 unspecified atom stereocenters. The van der Waals surface area contributed by atoms with Gasteiger partial charge < -0.3 is 10.2 Å². The van der Waals surface area contributed by atoms with E-state index in [4.69, 9.17) is 10.2 Å². The van der Waals surface area contributed by atoms with E-state index in [0.717, 1.165) is 12.0 Å². The second kappa shape index (κ2) is 7.74. The Bertz CT molecular complexity index is 326. The Morgan fingerprint density at radius 2 is 1.69 bits per heavy atom. The molecule has 0 spiro atoms. The van der Waals surface area contributed by atoms with Crippen LogP contribution >= 0.6 is 0 Å². The average molecular weight is 224 g/mol. The summed E-state index contributed by atoms with van der Waals surface area (Å²) in [6, 6.07) is 4.63. The number of hydrogen-bond acceptors (Lipinski definition) is 3. The highest BCUT2D eigenvalue weighted by molar-refractivity contribution is 5.77. The monoisotopic (exact) mass is 224 g/mol. The Labute approximate surface area is 96.7 Å². The van der Waals surface area contributed by atoms with Crippen LogP contribution in [0.15, 0.2) is 18.2 Å². The quantitative estimate of drug-likeness (QED) is 0.829.